The number of aliphatic hydroxyl groups excluding tert-OH is 1. The van der Waals surface area contributed by atoms with Crippen molar-refractivity contribution in [2.75, 3.05) is 52.4 Å². The van der Waals surface area contributed by atoms with Gasteiger partial charge in [-0.3, -0.25) is 14.8 Å². The summed E-state index contributed by atoms with van der Waals surface area (Å²) in [4.78, 5) is 12.2. The summed E-state index contributed by atoms with van der Waals surface area (Å²) in [5.41, 5.74) is 2.85. The number of nitrogens with zero attached hydrogens (tertiary/aromatic N) is 4. The van der Waals surface area contributed by atoms with Gasteiger partial charge in [0.1, 0.15) is 0 Å². The van der Waals surface area contributed by atoms with E-state index >= 15 is 0 Å². The lowest BCUT2D eigenvalue weighted by atomic mass is 10.00. The van der Waals surface area contributed by atoms with E-state index in [1.54, 1.807) is 0 Å². The molecule has 0 aromatic heterocycles. The van der Waals surface area contributed by atoms with Crippen molar-refractivity contribution in [1.29, 1.82) is 0 Å². The molecule has 2 unspecified atom stereocenters. The van der Waals surface area contributed by atoms with Crippen LogP contribution in [0.5, 0.6) is 0 Å². The van der Waals surface area contributed by atoms with Gasteiger partial charge in [0.05, 0.1) is 12.6 Å². The van der Waals surface area contributed by atoms with Crippen LogP contribution in [-0.4, -0.2) is 90.3 Å². The molecule has 2 fully saturated rings. The van der Waals surface area contributed by atoms with Gasteiger partial charge in [0.15, 0.2) is 5.96 Å². The normalized spacial score (nSPS) is 24.7. The molecule has 0 saturated carbocycles. The van der Waals surface area contributed by atoms with Crippen molar-refractivity contribution in [3.63, 3.8) is 0 Å². The molecule has 29 heavy (non-hydrogen) atoms. The first-order chi connectivity index (χ1) is 14.2. The first-order valence-electron chi connectivity index (χ1n) is 11.5. The van der Waals surface area contributed by atoms with E-state index in [4.69, 9.17) is 4.99 Å². The third kappa shape index (κ3) is 5.30. The summed E-state index contributed by atoms with van der Waals surface area (Å²) >= 11 is 0. The van der Waals surface area contributed by atoms with Crippen LogP contribution >= 0.6 is 0 Å². The number of fused-ring (bicyclic) bond motifs is 1. The van der Waals surface area contributed by atoms with Gasteiger partial charge in [0.2, 0.25) is 0 Å². The Morgan fingerprint density at radius 2 is 1.97 bits per heavy atom. The number of hydrogen-bond donors (Lipinski definition) is 2. The second-order valence-corrected chi connectivity index (χ2v) is 8.73. The molecule has 160 valence electrons. The van der Waals surface area contributed by atoms with E-state index in [2.05, 4.69) is 51.2 Å². The van der Waals surface area contributed by atoms with Gasteiger partial charge in [0, 0.05) is 45.3 Å². The van der Waals surface area contributed by atoms with Crippen molar-refractivity contribution in [2.24, 2.45) is 4.99 Å². The van der Waals surface area contributed by atoms with Crippen LogP contribution < -0.4 is 5.32 Å². The van der Waals surface area contributed by atoms with Gasteiger partial charge in [-0.2, -0.15) is 0 Å². The third-order valence-corrected chi connectivity index (χ3v) is 6.59. The smallest absolute Gasteiger partial charge is 0.194 e. The molecular weight excluding hydrogens is 362 g/mol. The van der Waals surface area contributed by atoms with Crippen LogP contribution in [0.1, 0.15) is 37.3 Å². The minimum Gasteiger partial charge on any atom is -0.390 e. The van der Waals surface area contributed by atoms with Gasteiger partial charge in [-0.15, -0.1) is 0 Å². The molecule has 3 heterocycles. The quantitative estimate of drug-likeness (QED) is 0.561. The lowest BCUT2D eigenvalue weighted by Gasteiger charge is -2.30. The summed E-state index contributed by atoms with van der Waals surface area (Å²) in [5, 5.41) is 14.1. The second-order valence-electron chi connectivity index (χ2n) is 8.73. The maximum Gasteiger partial charge on any atom is 0.194 e. The highest BCUT2D eigenvalue weighted by molar-refractivity contribution is 5.80. The maximum absolute atomic E-state index is 10.6. The predicted octanol–water partition coefficient (Wildman–Crippen LogP) is 1.54. The highest BCUT2D eigenvalue weighted by Gasteiger charge is 2.30. The van der Waals surface area contributed by atoms with Crippen LogP contribution in [0.25, 0.3) is 0 Å². The Labute approximate surface area is 175 Å². The van der Waals surface area contributed by atoms with E-state index in [0.29, 0.717) is 19.1 Å². The van der Waals surface area contributed by atoms with Crippen molar-refractivity contribution < 1.29 is 5.11 Å². The average molecular weight is 400 g/mol. The van der Waals surface area contributed by atoms with E-state index in [1.807, 2.05) is 0 Å². The number of guanidine groups is 1. The number of rotatable bonds is 6. The maximum atomic E-state index is 10.6. The molecule has 6 heteroatoms. The van der Waals surface area contributed by atoms with E-state index in [9.17, 15) is 5.11 Å². The number of hydrogen-bond acceptors (Lipinski definition) is 4. The Balaban J connectivity index is 1.29. The molecule has 1 aromatic carbocycles. The zero-order valence-electron chi connectivity index (χ0n) is 17.9. The van der Waals surface area contributed by atoms with Crippen LogP contribution in [0.4, 0.5) is 0 Å². The number of β-amino-alcohol motifs (C(OH)–C–C–N with tert-alkyl or cyclic N) is 1. The Morgan fingerprint density at radius 1 is 1.17 bits per heavy atom. The number of nitrogens with one attached hydrogen (secondary N) is 1. The van der Waals surface area contributed by atoms with Gasteiger partial charge in [-0.25, -0.2) is 0 Å². The first kappa shape index (κ1) is 20.6. The van der Waals surface area contributed by atoms with E-state index in [0.717, 1.165) is 45.1 Å². The van der Waals surface area contributed by atoms with Gasteiger partial charge in [-0.05, 0) is 56.8 Å². The summed E-state index contributed by atoms with van der Waals surface area (Å²) < 4.78 is 0. The molecule has 0 amide bonds. The van der Waals surface area contributed by atoms with Gasteiger partial charge >= 0.3 is 0 Å². The zero-order chi connectivity index (χ0) is 20.1. The number of aliphatic hydroxyl groups is 1. The molecule has 1 aromatic rings. The van der Waals surface area contributed by atoms with Crippen molar-refractivity contribution in [1.82, 2.24) is 20.0 Å². The Morgan fingerprint density at radius 3 is 2.76 bits per heavy atom. The fraction of sp³-hybridized carbons (Fsp3) is 0.696. The summed E-state index contributed by atoms with van der Waals surface area (Å²) in [6.07, 6.45) is 4.56. The molecule has 4 rings (SSSR count). The SMILES string of the molecule is CCNC(=NCC(O)CN1CCc2ccccc2C1)N1CCC(N2CCCC2)C1. The number of aliphatic imine (C=N–C) groups is 1. The largest absolute Gasteiger partial charge is 0.390 e. The minimum absolute atomic E-state index is 0.425. The summed E-state index contributed by atoms with van der Waals surface area (Å²) in [6, 6.07) is 9.32. The highest BCUT2D eigenvalue weighted by Crippen LogP contribution is 2.21. The average Bonchev–Trinajstić information content (AvgIpc) is 3.43. The fourth-order valence-electron chi connectivity index (χ4n) is 5.02. The monoisotopic (exact) mass is 399 g/mol. The summed E-state index contributed by atoms with van der Waals surface area (Å²) in [6.45, 7) is 10.7. The molecule has 0 aliphatic carbocycles. The zero-order valence-corrected chi connectivity index (χ0v) is 17.9. The first-order valence-corrected chi connectivity index (χ1v) is 11.5. The van der Waals surface area contributed by atoms with Gasteiger partial charge in [0.25, 0.3) is 0 Å². The van der Waals surface area contributed by atoms with Crippen molar-refractivity contribution in [2.45, 2.75) is 51.3 Å². The van der Waals surface area contributed by atoms with E-state index in [-0.39, 0.29) is 0 Å². The lowest BCUT2D eigenvalue weighted by Crippen LogP contribution is -2.43. The van der Waals surface area contributed by atoms with Crippen LogP contribution in [0.3, 0.4) is 0 Å². The molecule has 0 radical (unpaired) electrons. The molecule has 2 atom stereocenters. The Bertz CT molecular complexity index is 688. The molecular formula is C23H37N5O. The Kier molecular flexibility index (Phi) is 7.06. The molecule has 6 nitrogen and oxygen atoms in total. The number of benzene rings is 1. The molecule has 3 aliphatic rings. The number of likely N-dealkylation sites (tertiary alicyclic amines) is 2. The fourth-order valence-corrected chi connectivity index (χ4v) is 5.02. The minimum atomic E-state index is -0.425. The lowest BCUT2D eigenvalue weighted by molar-refractivity contribution is 0.111. The van der Waals surface area contributed by atoms with Crippen LogP contribution in [0.2, 0.25) is 0 Å². The molecule has 0 bridgehead atoms. The van der Waals surface area contributed by atoms with E-state index < -0.39 is 6.10 Å². The molecule has 0 spiro atoms. The molecule has 3 aliphatic heterocycles. The third-order valence-electron chi connectivity index (χ3n) is 6.59. The van der Waals surface area contributed by atoms with Crippen molar-refractivity contribution >= 4 is 5.96 Å². The predicted molar refractivity (Wildman–Crippen MR) is 118 cm³/mol. The molecule has 2 N–H and O–H groups in total. The van der Waals surface area contributed by atoms with Crippen molar-refractivity contribution in [3.05, 3.63) is 35.4 Å². The van der Waals surface area contributed by atoms with E-state index in [1.165, 1.54) is 43.5 Å². The van der Waals surface area contributed by atoms with Crippen LogP contribution in [0.15, 0.2) is 29.3 Å². The highest BCUT2D eigenvalue weighted by atomic mass is 16.3. The van der Waals surface area contributed by atoms with Gasteiger partial charge in [-0.1, -0.05) is 24.3 Å². The summed E-state index contributed by atoms with van der Waals surface area (Å²) in [5.74, 6) is 0.970. The topological polar surface area (TPSA) is 54.3 Å². The van der Waals surface area contributed by atoms with Crippen LogP contribution in [-0.2, 0) is 13.0 Å². The summed E-state index contributed by atoms with van der Waals surface area (Å²) in [7, 11) is 0. The standard InChI is InChI=1S/C23H37N5O/c1-2-24-23(28-14-10-21(17-28)27-11-5-6-12-27)25-15-22(29)18-26-13-9-19-7-3-4-8-20(19)16-26/h3-4,7-8,21-22,29H,2,5-6,9-18H2,1H3,(H,24,25). The van der Waals surface area contributed by atoms with Crippen molar-refractivity contribution in [3.8, 4) is 0 Å². The Hall–Kier alpha value is -1.63. The second kappa shape index (κ2) is 9.92. The van der Waals surface area contributed by atoms with Crippen LogP contribution in [0, 0.1) is 0 Å². The van der Waals surface area contributed by atoms with Gasteiger partial charge < -0.3 is 15.3 Å². The molecule has 2 saturated heterocycles.